The van der Waals surface area contributed by atoms with Crippen molar-refractivity contribution >= 4 is 33.6 Å². The number of unbranched alkanes of at least 4 members (excludes halogenated alkanes) is 21. The number of hydrogen-bond donors (Lipinski definition) is 4. The molecule has 18 heteroatoms. The van der Waals surface area contributed by atoms with Crippen molar-refractivity contribution in [2.45, 2.75) is 257 Å². The maximum atomic E-state index is 12.8. The number of phosphoric acid groups is 2. The number of ether oxygens (including phenoxy) is 3. The summed E-state index contributed by atoms with van der Waals surface area (Å²) in [4.78, 5) is 58.0. The van der Waals surface area contributed by atoms with E-state index in [2.05, 4.69) is 106 Å². The molecule has 468 valence electrons. The maximum absolute atomic E-state index is 12.8. The van der Waals surface area contributed by atoms with E-state index in [9.17, 15) is 43.5 Å². The van der Waals surface area contributed by atoms with Crippen LogP contribution in [-0.2, 0) is 55.8 Å². The molecule has 0 saturated heterocycles. The number of allylic oxidation sites excluding steroid dienone is 14. The quantitative estimate of drug-likeness (QED) is 0.0146. The van der Waals surface area contributed by atoms with Gasteiger partial charge in [-0.1, -0.05) is 215 Å². The maximum Gasteiger partial charge on any atom is 0.472 e. The molecule has 81 heavy (non-hydrogen) atoms. The lowest BCUT2D eigenvalue weighted by molar-refractivity contribution is -0.161. The summed E-state index contributed by atoms with van der Waals surface area (Å²) in [7, 11) is -9.76. The second-order valence-electron chi connectivity index (χ2n) is 20.5. The molecule has 0 aromatic carbocycles. The molecule has 0 aliphatic carbocycles. The summed E-state index contributed by atoms with van der Waals surface area (Å²) in [6, 6.07) is 0. The van der Waals surface area contributed by atoms with E-state index >= 15 is 0 Å². The van der Waals surface area contributed by atoms with E-state index in [4.69, 9.17) is 32.3 Å². The van der Waals surface area contributed by atoms with Gasteiger partial charge in [0.15, 0.2) is 6.10 Å². The van der Waals surface area contributed by atoms with Crippen LogP contribution < -0.4 is 0 Å². The van der Waals surface area contributed by atoms with Crippen molar-refractivity contribution < 1.29 is 75.8 Å². The van der Waals surface area contributed by atoms with Crippen LogP contribution in [0, 0.1) is 0 Å². The summed E-state index contributed by atoms with van der Waals surface area (Å²) in [6.07, 6.45) is 58.0. The second-order valence-corrected chi connectivity index (χ2v) is 23.4. The predicted octanol–water partition coefficient (Wildman–Crippen LogP) is 16.2. The molecular weight excluding hydrogens is 1070 g/mol. The Labute approximate surface area is 489 Å². The van der Waals surface area contributed by atoms with Gasteiger partial charge < -0.3 is 34.2 Å². The molecule has 0 aromatic rings. The van der Waals surface area contributed by atoms with Crippen molar-refractivity contribution in [3.8, 4) is 0 Å². The number of carbonyl (C=O) groups excluding carboxylic acids is 3. The molecule has 0 radical (unpaired) electrons. The number of esters is 3. The van der Waals surface area contributed by atoms with Crippen molar-refractivity contribution in [3.05, 3.63) is 85.1 Å². The van der Waals surface area contributed by atoms with Gasteiger partial charge in [-0.15, -0.1) is 0 Å². The van der Waals surface area contributed by atoms with E-state index in [1.165, 1.54) is 38.5 Å². The highest BCUT2D eigenvalue weighted by atomic mass is 31.2. The molecule has 0 spiro atoms. The molecule has 16 nitrogen and oxygen atoms in total. The van der Waals surface area contributed by atoms with E-state index in [0.29, 0.717) is 19.3 Å². The highest BCUT2D eigenvalue weighted by Crippen LogP contribution is 2.45. The van der Waals surface area contributed by atoms with Crippen LogP contribution >= 0.6 is 15.6 Å². The van der Waals surface area contributed by atoms with E-state index < -0.39 is 91.5 Å². The fourth-order valence-corrected chi connectivity index (χ4v) is 9.45. The Balaban J connectivity index is 4.58. The number of phosphoric ester groups is 2. The molecule has 5 unspecified atom stereocenters. The van der Waals surface area contributed by atoms with E-state index in [0.717, 1.165) is 141 Å². The van der Waals surface area contributed by atoms with Gasteiger partial charge in [-0.3, -0.25) is 32.5 Å². The van der Waals surface area contributed by atoms with Crippen molar-refractivity contribution in [1.29, 1.82) is 0 Å². The number of hydrogen-bond acceptors (Lipinski definition) is 14. The summed E-state index contributed by atoms with van der Waals surface area (Å²) >= 11 is 0. The second kappa shape index (κ2) is 57.2. The topological polar surface area (TPSA) is 231 Å². The molecule has 0 saturated carbocycles. The molecule has 0 fully saturated rings. The average Bonchev–Trinajstić information content (AvgIpc) is 3.45. The summed E-state index contributed by atoms with van der Waals surface area (Å²) in [6.45, 7) is 2.42. The molecule has 0 aliphatic rings. The van der Waals surface area contributed by atoms with Gasteiger partial charge in [0, 0.05) is 19.3 Å². The Morgan fingerprint density at radius 1 is 0.358 bits per heavy atom. The molecule has 5 atom stereocenters. The lowest BCUT2D eigenvalue weighted by Crippen LogP contribution is -2.30. The first-order valence-corrected chi connectivity index (χ1v) is 33.9. The zero-order valence-corrected chi connectivity index (χ0v) is 52.0. The minimum absolute atomic E-state index is 0.104. The van der Waals surface area contributed by atoms with Gasteiger partial charge in [-0.2, -0.15) is 0 Å². The van der Waals surface area contributed by atoms with Gasteiger partial charge in [0.05, 0.1) is 26.4 Å². The van der Waals surface area contributed by atoms with Crippen LogP contribution in [-0.4, -0.2) is 95.9 Å². The summed E-state index contributed by atoms with van der Waals surface area (Å²) in [5.74, 6) is -1.61. The van der Waals surface area contributed by atoms with Gasteiger partial charge in [-0.05, 0) is 89.9 Å². The van der Waals surface area contributed by atoms with Crippen molar-refractivity contribution in [2.24, 2.45) is 0 Å². The van der Waals surface area contributed by atoms with Crippen LogP contribution in [0.4, 0.5) is 0 Å². The summed E-state index contributed by atoms with van der Waals surface area (Å²) < 4.78 is 60.6. The third-order valence-electron chi connectivity index (χ3n) is 12.6. The Morgan fingerprint density at radius 2 is 0.679 bits per heavy atom. The fraction of sp³-hybridized carbons (Fsp3) is 0.730. The smallest absolute Gasteiger partial charge is 0.463 e. The number of aliphatic hydroxyl groups excluding tert-OH is 2. The van der Waals surface area contributed by atoms with Gasteiger partial charge >= 0.3 is 33.6 Å². The SMILES string of the molecule is CC/C=C\C/C=C\C/C=C\C/C=C\C/C=C\CCCCCCCC(=O)OCC(O)COP(=O)(O)OCC(O)COP(=O)(O)OCC(COC(=O)CCCCCCC/C=C\C/C=C\CCC)OC(=O)CCCCCCCCCCCCC. The molecule has 4 N–H and O–H groups in total. The first-order chi connectivity index (χ1) is 39.2. The van der Waals surface area contributed by atoms with Crippen molar-refractivity contribution in [3.63, 3.8) is 0 Å². The van der Waals surface area contributed by atoms with Gasteiger partial charge in [0.2, 0.25) is 0 Å². The van der Waals surface area contributed by atoms with Crippen LogP contribution in [0.3, 0.4) is 0 Å². The number of rotatable bonds is 58. The summed E-state index contributed by atoms with van der Waals surface area (Å²) in [5.41, 5.74) is 0. The highest BCUT2D eigenvalue weighted by Gasteiger charge is 2.29. The zero-order valence-electron chi connectivity index (χ0n) is 50.2. The third kappa shape index (κ3) is 58.3. The number of carbonyl (C=O) groups is 3. The Hall–Kier alpha value is -3.27. The molecule has 0 amide bonds. The normalized spacial score (nSPS) is 15.0. The first kappa shape index (κ1) is 77.7. The van der Waals surface area contributed by atoms with E-state index in [-0.39, 0.29) is 19.3 Å². The molecule has 0 rings (SSSR count). The van der Waals surface area contributed by atoms with E-state index in [1.54, 1.807) is 0 Å². The fourth-order valence-electron chi connectivity index (χ4n) is 7.87. The van der Waals surface area contributed by atoms with Crippen LogP contribution in [0.1, 0.15) is 239 Å². The monoisotopic (exact) mass is 1180 g/mol. The first-order valence-electron chi connectivity index (χ1n) is 30.9. The molecule has 0 aromatic heterocycles. The lowest BCUT2D eigenvalue weighted by atomic mass is 10.1. The van der Waals surface area contributed by atoms with Gasteiger partial charge in [0.25, 0.3) is 0 Å². The molecule has 0 bridgehead atoms. The highest BCUT2D eigenvalue weighted by molar-refractivity contribution is 7.47. The zero-order chi connectivity index (χ0) is 59.6. The van der Waals surface area contributed by atoms with Crippen LogP contribution in [0.2, 0.25) is 0 Å². The predicted molar refractivity (Wildman–Crippen MR) is 325 cm³/mol. The average molecular weight is 1190 g/mol. The Bertz CT molecular complexity index is 1830. The Kier molecular flexibility index (Phi) is 54.9. The van der Waals surface area contributed by atoms with Crippen LogP contribution in [0.25, 0.3) is 0 Å². The molecular formula is C63H110O16P2. The largest absolute Gasteiger partial charge is 0.472 e. The lowest BCUT2D eigenvalue weighted by Gasteiger charge is -2.21. The third-order valence-corrected chi connectivity index (χ3v) is 14.5. The van der Waals surface area contributed by atoms with Crippen molar-refractivity contribution in [1.82, 2.24) is 0 Å². The van der Waals surface area contributed by atoms with Crippen LogP contribution in [0.5, 0.6) is 0 Å². The van der Waals surface area contributed by atoms with E-state index in [1.807, 2.05) is 0 Å². The molecule has 0 aliphatic heterocycles. The minimum Gasteiger partial charge on any atom is -0.463 e. The number of aliphatic hydroxyl groups is 2. The van der Waals surface area contributed by atoms with Crippen molar-refractivity contribution in [2.75, 3.05) is 39.6 Å². The minimum atomic E-state index is -4.91. The Morgan fingerprint density at radius 3 is 1.09 bits per heavy atom. The van der Waals surface area contributed by atoms with Gasteiger partial charge in [0.1, 0.15) is 25.4 Å². The molecule has 0 heterocycles. The van der Waals surface area contributed by atoms with Crippen LogP contribution in [0.15, 0.2) is 85.1 Å². The standard InChI is InChI=1S/C63H110O16P2/c1-4-7-10-13-16-19-22-24-25-26-27-28-29-30-31-33-36-37-40-43-46-49-61(66)73-52-58(64)53-75-80(69,70)76-54-59(65)55-77-81(71,72)78-57-60(79-63(68)51-48-45-42-39-34-21-18-15-12-9-6-3)56-74-62(67)50-47-44-41-38-35-32-23-20-17-14-11-8-5-2/h7,10-11,14,16,19-20,23-25,27-28,30-31,58-60,64-65H,4-6,8-9,12-13,15,17-18,21-22,26,29,32-57H2,1-3H3,(H,69,70)(H,71,72)/b10-7-,14-11-,19-16-,23-20-,25-24-,28-27-,31-30-. The van der Waals surface area contributed by atoms with Gasteiger partial charge in [-0.25, -0.2) is 9.13 Å². The summed E-state index contributed by atoms with van der Waals surface area (Å²) in [5, 5.41) is 20.5.